The largest absolute Gasteiger partial charge is 0.361 e. The summed E-state index contributed by atoms with van der Waals surface area (Å²) in [5.41, 5.74) is 3.65. The third kappa shape index (κ3) is 4.71. The minimum Gasteiger partial charge on any atom is -0.361 e. The second kappa shape index (κ2) is 9.24. The van der Waals surface area contributed by atoms with Gasteiger partial charge >= 0.3 is 0 Å². The predicted molar refractivity (Wildman–Crippen MR) is 124 cm³/mol. The van der Waals surface area contributed by atoms with Crippen molar-refractivity contribution in [2.24, 2.45) is 0 Å². The predicted octanol–water partition coefficient (Wildman–Crippen LogP) is 6.66. The van der Waals surface area contributed by atoms with Gasteiger partial charge in [-0.05, 0) is 42.0 Å². The summed E-state index contributed by atoms with van der Waals surface area (Å²) in [6, 6.07) is 17.5. The molecule has 2 heterocycles. The summed E-state index contributed by atoms with van der Waals surface area (Å²) < 4.78 is 0. The van der Waals surface area contributed by atoms with Crippen LogP contribution in [0, 0.1) is 6.57 Å². The van der Waals surface area contributed by atoms with E-state index in [0.717, 1.165) is 37.6 Å². The molecule has 1 unspecified atom stereocenters. The van der Waals surface area contributed by atoms with Gasteiger partial charge in [0.05, 0.1) is 29.0 Å². The Bertz CT molecular complexity index is 1060. The van der Waals surface area contributed by atoms with Gasteiger partial charge in [-0.25, -0.2) is 4.85 Å². The van der Waals surface area contributed by atoms with Gasteiger partial charge in [-0.15, -0.1) is 0 Å². The van der Waals surface area contributed by atoms with Gasteiger partial charge in [0.15, 0.2) is 0 Å². The van der Waals surface area contributed by atoms with E-state index in [1.54, 1.807) is 12.3 Å². The molecule has 0 bridgehead atoms. The zero-order valence-electron chi connectivity index (χ0n) is 16.1. The summed E-state index contributed by atoms with van der Waals surface area (Å²) in [6.07, 6.45) is 1.63. The van der Waals surface area contributed by atoms with Crippen LogP contribution in [-0.2, 0) is 6.54 Å². The van der Waals surface area contributed by atoms with E-state index in [4.69, 9.17) is 41.4 Å². The molecule has 7 heteroatoms. The fourth-order valence-electron chi connectivity index (χ4n) is 3.76. The number of anilines is 1. The maximum Gasteiger partial charge on any atom is 0.205 e. The molecule has 2 aromatic carbocycles. The maximum absolute atomic E-state index is 7.08. The van der Waals surface area contributed by atoms with Crippen molar-refractivity contribution in [3.05, 3.63) is 98.5 Å². The molecule has 1 fully saturated rings. The number of rotatable bonds is 4. The Morgan fingerprint density at radius 2 is 1.73 bits per heavy atom. The van der Waals surface area contributed by atoms with Crippen molar-refractivity contribution in [2.45, 2.75) is 12.6 Å². The molecule has 1 saturated heterocycles. The molecule has 0 saturated carbocycles. The molecular formula is C23H19Cl3N4. The summed E-state index contributed by atoms with van der Waals surface area (Å²) in [4.78, 5) is 12.5. The highest BCUT2D eigenvalue weighted by molar-refractivity contribution is 6.36. The molecule has 1 aliphatic heterocycles. The zero-order valence-corrected chi connectivity index (χ0v) is 18.4. The van der Waals surface area contributed by atoms with Crippen LogP contribution < -0.4 is 4.90 Å². The quantitative estimate of drug-likeness (QED) is 0.409. The smallest absolute Gasteiger partial charge is 0.205 e. The van der Waals surface area contributed by atoms with Crippen molar-refractivity contribution in [1.29, 1.82) is 0 Å². The first-order valence-electron chi connectivity index (χ1n) is 9.55. The lowest BCUT2D eigenvalue weighted by atomic mass is 10.0. The van der Waals surface area contributed by atoms with Crippen LogP contribution in [0.2, 0.25) is 15.1 Å². The molecule has 0 aliphatic carbocycles. The summed E-state index contributed by atoms with van der Waals surface area (Å²) in [7, 11) is 0. The number of aromatic nitrogens is 1. The molecule has 0 radical (unpaired) electrons. The minimum atomic E-state index is 0.109. The Morgan fingerprint density at radius 3 is 2.40 bits per heavy atom. The Morgan fingerprint density at radius 1 is 0.967 bits per heavy atom. The Balaban J connectivity index is 1.60. The number of benzene rings is 2. The van der Waals surface area contributed by atoms with Crippen molar-refractivity contribution in [3.8, 4) is 0 Å². The Hall–Kier alpha value is -2.29. The molecule has 0 amide bonds. The summed E-state index contributed by atoms with van der Waals surface area (Å²) >= 11 is 18.8. The fourth-order valence-corrected chi connectivity index (χ4v) is 4.40. The van der Waals surface area contributed by atoms with E-state index in [-0.39, 0.29) is 6.04 Å². The van der Waals surface area contributed by atoms with Gasteiger partial charge in [-0.2, -0.15) is 0 Å². The van der Waals surface area contributed by atoms with Crippen LogP contribution in [0.4, 0.5) is 11.4 Å². The monoisotopic (exact) mass is 456 g/mol. The molecular weight excluding hydrogens is 439 g/mol. The SMILES string of the molecule is [C-]#[N+]c1ccc(CN2CCN(c3ccc(Cl)cc3Cl)C(c3ccc(Cl)cc3)C2)nc1. The number of pyridine rings is 1. The number of nitrogens with zero attached hydrogens (tertiary/aromatic N) is 4. The van der Waals surface area contributed by atoms with E-state index in [0.29, 0.717) is 20.8 Å². The standard InChI is InChI=1S/C23H19Cl3N4/c1-27-19-7-8-20(28-13-19)14-29-10-11-30(22-9-6-18(25)12-21(22)26)23(15-29)16-2-4-17(24)5-3-16/h2-9,12-13,23H,10-11,14-15H2. The van der Waals surface area contributed by atoms with Gasteiger partial charge in [0.1, 0.15) is 0 Å². The first-order chi connectivity index (χ1) is 14.5. The lowest BCUT2D eigenvalue weighted by molar-refractivity contribution is 0.213. The third-order valence-corrected chi connectivity index (χ3v) is 6.05. The van der Waals surface area contributed by atoms with E-state index in [2.05, 4.69) is 31.8 Å². The molecule has 4 nitrogen and oxygen atoms in total. The summed E-state index contributed by atoms with van der Waals surface area (Å²) in [6.45, 7) is 10.3. The van der Waals surface area contributed by atoms with Crippen LogP contribution in [0.15, 0.2) is 60.8 Å². The van der Waals surface area contributed by atoms with E-state index in [1.165, 1.54) is 5.56 Å². The molecule has 1 aliphatic rings. The van der Waals surface area contributed by atoms with Gasteiger partial charge < -0.3 is 4.90 Å². The molecule has 4 rings (SSSR count). The van der Waals surface area contributed by atoms with E-state index in [9.17, 15) is 0 Å². The van der Waals surface area contributed by atoms with Crippen molar-refractivity contribution in [1.82, 2.24) is 9.88 Å². The Kier molecular flexibility index (Phi) is 6.46. The summed E-state index contributed by atoms with van der Waals surface area (Å²) in [5, 5.41) is 1.98. The molecule has 152 valence electrons. The molecule has 0 spiro atoms. The molecule has 3 aromatic rings. The number of piperazine rings is 1. The molecule has 1 aromatic heterocycles. The Labute approximate surface area is 191 Å². The van der Waals surface area contributed by atoms with Crippen LogP contribution in [0.3, 0.4) is 0 Å². The first kappa shape index (κ1) is 21.0. The van der Waals surface area contributed by atoms with Crippen molar-refractivity contribution in [2.75, 3.05) is 24.5 Å². The van der Waals surface area contributed by atoms with Crippen LogP contribution in [0.1, 0.15) is 17.3 Å². The highest BCUT2D eigenvalue weighted by Crippen LogP contribution is 2.37. The summed E-state index contributed by atoms with van der Waals surface area (Å²) in [5.74, 6) is 0. The van der Waals surface area contributed by atoms with E-state index in [1.807, 2.05) is 36.4 Å². The molecule has 0 N–H and O–H groups in total. The second-order valence-electron chi connectivity index (χ2n) is 7.21. The van der Waals surface area contributed by atoms with Crippen molar-refractivity contribution < 1.29 is 0 Å². The fraction of sp³-hybridized carbons (Fsp3) is 0.217. The van der Waals surface area contributed by atoms with Gasteiger partial charge in [-0.1, -0.05) is 53.0 Å². The third-order valence-electron chi connectivity index (χ3n) is 5.26. The van der Waals surface area contributed by atoms with Gasteiger partial charge in [-0.3, -0.25) is 9.88 Å². The van der Waals surface area contributed by atoms with E-state index < -0.39 is 0 Å². The van der Waals surface area contributed by atoms with Gasteiger partial charge in [0, 0.05) is 42.4 Å². The normalized spacial score (nSPS) is 17.0. The van der Waals surface area contributed by atoms with Gasteiger partial charge in [0.2, 0.25) is 5.69 Å². The topological polar surface area (TPSA) is 23.7 Å². The highest BCUT2D eigenvalue weighted by Gasteiger charge is 2.30. The van der Waals surface area contributed by atoms with E-state index >= 15 is 0 Å². The van der Waals surface area contributed by atoms with Crippen LogP contribution in [0.5, 0.6) is 0 Å². The van der Waals surface area contributed by atoms with Crippen molar-refractivity contribution in [3.63, 3.8) is 0 Å². The maximum atomic E-state index is 7.08. The second-order valence-corrected chi connectivity index (χ2v) is 8.49. The van der Waals surface area contributed by atoms with Crippen LogP contribution in [0.25, 0.3) is 4.85 Å². The number of hydrogen-bond acceptors (Lipinski definition) is 3. The molecule has 30 heavy (non-hydrogen) atoms. The lowest BCUT2D eigenvalue weighted by Crippen LogP contribution is -2.48. The van der Waals surface area contributed by atoms with Crippen LogP contribution in [-0.4, -0.2) is 29.5 Å². The zero-order chi connectivity index (χ0) is 21.1. The highest BCUT2D eigenvalue weighted by atomic mass is 35.5. The number of hydrogen-bond donors (Lipinski definition) is 0. The minimum absolute atomic E-state index is 0.109. The number of halogens is 3. The van der Waals surface area contributed by atoms with Gasteiger partial charge in [0.25, 0.3) is 0 Å². The first-order valence-corrected chi connectivity index (χ1v) is 10.7. The van der Waals surface area contributed by atoms with Crippen LogP contribution >= 0.6 is 34.8 Å². The lowest BCUT2D eigenvalue weighted by Gasteiger charge is -2.43. The average Bonchev–Trinajstić information content (AvgIpc) is 2.75. The molecule has 1 atom stereocenters. The average molecular weight is 458 g/mol. The van der Waals surface area contributed by atoms with Crippen molar-refractivity contribution >= 4 is 46.2 Å².